The summed E-state index contributed by atoms with van der Waals surface area (Å²) in [5.41, 5.74) is 2.60. The fraction of sp³-hybridized carbons (Fsp3) is 0.409. The predicted octanol–water partition coefficient (Wildman–Crippen LogP) is 3.36. The van der Waals surface area contributed by atoms with Gasteiger partial charge in [0.15, 0.2) is 0 Å². The van der Waals surface area contributed by atoms with Crippen LogP contribution in [0, 0.1) is 5.41 Å². The number of hydrogen-bond acceptors (Lipinski definition) is 4. The van der Waals surface area contributed by atoms with Gasteiger partial charge >= 0.3 is 0 Å². The number of benzene rings is 2. The fourth-order valence-electron chi connectivity index (χ4n) is 3.43. The minimum absolute atomic E-state index is 0.0407. The molecule has 144 valence electrons. The molecule has 1 fully saturated rings. The van der Waals surface area contributed by atoms with Crippen LogP contribution >= 0.6 is 0 Å². The third-order valence-corrected chi connectivity index (χ3v) is 5.06. The van der Waals surface area contributed by atoms with Crippen molar-refractivity contribution >= 4 is 11.6 Å². The van der Waals surface area contributed by atoms with Crippen molar-refractivity contribution in [3.05, 3.63) is 65.7 Å². The summed E-state index contributed by atoms with van der Waals surface area (Å²) in [5.74, 6) is 0.0407. The van der Waals surface area contributed by atoms with E-state index in [1.807, 2.05) is 42.5 Å². The molecule has 5 nitrogen and oxygen atoms in total. The summed E-state index contributed by atoms with van der Waals surface area (Å²) in [6.07, 6.45) is 1.58. The van der Waals surface area contributed by atoms with Gasteiger partial charge in [-0.1, -0.05) is 42.5 Å². The first-order valence-electron chi connectivity index (χ1n) is 9.44. The normalized spacial score (nSPS) is 16.0. The zero-order valence-electron chi connectivity index (χ0n) is 15.9. The molecular formula is C22H28N2O3. The van der Waals surface area contributed by atoms with Gasteiger partial charge in [0.25, 0.3) is 0 Å². The van der Waals surface area contributed by atoms with Crippen LogP contribution in [0.3, 0.4) is 0 Å². The third-order valence-electron chi connectivity index (χ3n) is 5.06. The van der Waals surface area contributed by atoms with Gasteiger partial charge in [0.2, 0.25) is 5.91 Å². The molecule has 0 unspecified atom stereocenters. The van der Waals surface area contributed by atoms with Crippen molar-refractivity contribution in [2.45, 2.75) is 26.1 Å². The highest BCUT2D eigenvalue weighted by Crippen LogP contribution is 2.31. The van der Waals surface area contributed by atoms with E-state index in [4.69, 9.17) is 9.47 Å². The molecule has 5 heteroatoms. The van der Waals surface area contributed by atoms with E-state index in [-0.39, 0.29) is 5.91 Å². The second kappa shape index (κ2) is 9.65. The van der Waals surface area contributed by atoms with E-state index >= 15 is 0 Å². The number of carbonyl (C=O) groups is 1. The number of amides is 1. The summed E-state index contributed by atoms with van der Waals surface area (Å²) in [4.78, 5) is 12.8. The van der Waals surface area contributed by atoms with Crippen molar-refractivity contribution in [3.8, 4) is 0 Å². The number of piperidine rings is 1. The second-order valence-corrected chi connectivity index (χ2v) is 7.09. The number of ether oxygens (including phenoxy) is 2. The molecule has 0 aliphatic carbocycles. The van der Waals surface area contributed by atoms with Crippen molar-refractivity contribution in [2.24, 2.45) is 5.41 Å². The molecule has 3 rings (SSSR count). The molecule has 2 aromatic carbocycles. The van der Waals surface area contributed by atoms with Crippen LogP contribution in [0.1, 0.15) is 24.0 Å². The first-order valence-corrected chi connectivity index (χ1v) is 9.44. The molecule has 0 spiro atoms. The Kier molecular flexibility index (Phi) is 6.98. The number of anilines is 1. The molecule has 0 saturated carbocycles. The lowest BCUT2D eigenvalue weighted by Crippen LogP contribution is -2.47. The Morgan fingerprint density at radius 1 is 1.00 bits per heavy atom. The van der Waals surface area contributed by atoms with Gasteiger partial charge in [0, 0.05) is 12.8 Å². The third kappa shape index (κ3) is 5.39. The minimum Gasteiger partial charge on any atom is -0.384 e. The van der Waals surface area contributed by atoms with E-state index < -0.39 is 5.41 Å². The Morgan fingerprint density at radius 3 is 2.26 bits per heavy atom. The standard InChI is InChI=1S/C22H28N2O3/c1-26-17-22(11-13-23-14-12-22)21(25)24-20-9-7-19(8-10-20)16-27-15-18-5-3-2-4-6-18/h2-10,23H,11-17H2,1H3,(H,24,25). The van der Waals surface area contributed by atoms with Crippen LogP contribution in [0.25, 0.3) is 0 Å². The quantitative estimate of drug-likeness (QED) is 0.750. The number of nitrogens with one attached hydrogen (secondary N) is 2. The molecule has 27 heavy (non-hydrogen) atoms. The van der Waals surface area contributed by atoms with Gasteiger partial charge in [-0.25, -0.2) is 0 Å². The summed E-state index contributed by atoms with van der Waals surface area (Å²) in [5, 5.41) is 6.36. The molecule has 0 bridgehead atoms. The van der Waals surface area contributed by atoms with E-state index in [1.165, 1.54) is 0 Å². The molecule has 1 aliphatic rings. The van der Waals surface area contributed by atoms with Crippen LogP contribution in [-0.4, -0.2) is 32.7 Å². The van der Waals surface area contributed by atoms with E-state index in [2.05, 4.69) is 22.8 Å². The second-order valence-electron chi connectivity index (χ2n) is 7.09. The van der Waals surface area contributed by atoms with Crippen molar-refractivity contribution in [1.29, 1.82) is 0 Å². The molecule has 0 aromatic heterocycles. The topological polar surface area (TPSA) is 59.6 Å². The lowest BCUT2D eigenvalue weighted by molar-refractivity contribution is -0.130. The lowest BCUT2D eigenvalue weighted by Gasteiger charge is -2.35. The number of methoxy groups -OCH3 is 1. The van der Waals surface area contributed by atoms with Gasteiger partial charge in [-0.15, -0.1) is 0 Å². The molecule has 2 aromatic rings. The van der Waals surface area contributed by atoms with Crippen molar-refractivity contribution in [1.82, 2.24) is 5.32 Å². The van der Waals surface area contributed by atoms with Gasteiger partial charge in [-0.3, -0.25) is 4.79 Å². The van der Waals surface area contributed by atoms with Crippen molar-refractivity contribution in [2.75, 3.05) is 32.1 Å². The Morgan fingerprint density at radius 2 is 1.63 bits per heavy atom. The van der Waals surface area contributed by atoms with E-state index in [1.54, 1.807) is 7.11 Å². The molecule has 1 saturated heterocycles. The predicted molar refractivity (Wildman–Crippen MR) is 106 cm³/mol. The van der Waals surface area contributed by atoms with Gasteiger partial charge in [-0.2, -0.15) is 0 Å². The summed E-state index contributed by atoms with van der Waals surface area (Å²) >= 11 is 0. The number of rotatable bonds is 8. The summed E-state index contributed by atoms with van der Waals surface area (Å²) in [7, 11) is 1.65. The highest BCUT2D eigenvalue weighted by atomic mass is 16.5. The molecular weight excluding hydrogens is 340 g/mol. The Balaban J connectivity index is 1.52. The summed E-state index contributed by atoms with van der Waals surface area (Å²) in [6.45, 7) is 3.27. The number of carbonyl (C=O) groups excluding carboxylic acids is 1. The maximum Gasteiger partial charge on any atom is 0.233 e. The highest BCUT2D eigenvalue weighted by molar-refractivity contribution is 5.95. The average molecular weight is 368 g/mol. The fourth-order valence-corrected chi connectivity index (χ4v) is 3.43. The monoisotopic (exact) mass is 368 g/mol. The minimum atomic E-state index is -0.447. The molecule has 0 radical (unpaired) electrons. The SMILES string of the molecule is COCC1(C(=O)Nc2ccc(COCc3ccccc3)cc2)CCNCC1. The van der Waals surface area contributed by atoms with E-state index in [0.29, 0.717) is 19.8 Å². The zero-order chi connectivity index (χ0) is 19.0. The zero-order valence-corrected chi connectivity index (χ0v) is 15.9. The van der Waals surface area contributed by atoms with Crippen LogP contribution in [-0.2, 0) is 27.5 Å². The summed E-state index contributed by atoms with van der Waals surface area (Å²) < 4.78 is 11.1. The van der Waals surface area contributed by atoms with Gasteiger partial charge < -0.3 is 20.1 Å². The maximum atomic E-state index is 12.8. The maximum absolute atomic E-state index is 12.8. The van der Waals surface area contributed by atoms with Crippen LogP contribution in [0.5, 0.6) is 0 Å². The van der Waals surface area contributed by atoms with Crippen molar-refractivity contribution < 1.29 is 14.3 Å². The van der Waals surface area contributed by atoms with E-state index in [9.17, 15) is 4.79 Å². The average Bonchev–Trinajstić information content (AvgIpc) is 2.71. The molecule has 0 atom stereocenters. The molecule has 1 aliphatic heterocycles. The first kappa shape index (κ1) is 19.5. The first-order chi connectivity index (χ1) is 13.2. The Hall–Kier alpha value is -2.21. The smallest absolute Gasteiger partial charge is 0.233 e. The summed E-state index contributed by atoms with van der Waals surface area (Å²) in [6, 6.07) is 18.0. The Labute approximate surface area is 161 Å². The van der Waals surface area contributed by atoms with Crippen LogP contribution in [0.2, 0.25) is 0 Å². The Bertz CT molecular complexity index is 705. The van der Waals surface area contributed by atoms with Crippen LogP contribution in [0.4, 0.5) is 5.69 Å². The lowest BCUT2D eigenvalue weighted by atomic mass is 9.78. The van der Waals surface area contributed by atoms with Crippen LogP contribution in [0.15, 0.2) is 54.6 Å². The van der Waals surface area contributed by atoms with Crippen molar-refractivity contribution in [3.63, 3.8) is 0 Å². The molecule has 2 N–H and O–H groups in total. The van der Waals surface area contributed by atoms with Gasteiger partial charge in [0.1, 0.15) is 0 Å². The highest BCUT2D eigenvalue weighted by Gasteiger charge is 2.39. The van der Waals surface area contributed by atoms with Gasteiger partial charge in [-0.05, 0) is 49.2 Å². The van der Waals surface area contributed by atoms with Crippen LogP contribution < -0.4 is 10.6 Å². The molecule has 1 amide bonds. The molecule has 1 heterocycles. The largest absolute Gasteiger partial charge is 0.384 e. The van der Waals surface area contributed by atoms with Gasteiger partial charge in [0.05, 0.1) is 25.2 Å². The number of hydrogen-bond donors (Lipinski definition) is 2. The van der Waals surface area contributed by atoms with E-state index in [0.717, 1.165) is 42.7 Å².